The van der Waals surface area contributed by atoms with Crippen molar-refractivity contribution in [3.63, 3.8) is 0 Å². The third-order valence-corrected chi connectivity index (χ3v) is 2.92. The number of hydrogen-bond donors (Lipinski definition) is 2. The SMILES string of the molecule is CNCC1(C)CCN(CN)CC1. The lowest BCUT2D eigenvalue weighted by atomic mass is 9.80. The average Bonchev–Trinajstić information content (AvgIpc) is 2.06. The van der Waals surface area contributed by atoms with Crippen molar-refractivity contribution in [3.8, 4) is 0 Å². The zero-order chi connectivity index (χ0) is 9.03. The fraction of sp³-hybridized carbons (Fsp3) is 1.00. The summed E-state index contributed by atoms with van der Waals surface area (Å²) in [6.45, 7) is 6.53. The van der Waals surface area contributed by atoms with Crippen LogP contribution >= 0.6 is 0 Å². The highest BCUT2D eigenvalue weighted by molar-refractivity contribution is 4.83. The predicted molar refractivity (Wildman–Crippen MR) is 51.9 cm³/mol. The monoisotopic (exact) mass is 171 g/mol. The molecule has 0 unspecified atom stereocenters. The Morgan fingerprint density at radius 2 is 2.00 bits per heavy atom. The molecule has 0 saturated carbocycles. The molecule has 0 aromatic rings. The molecule has 0 aromatic heterocycles. The van der Waals surface area contributed by atoms with Crippen LogP contribution < -0.4 is 11.1 Å². The molecule has 1 heterocycles. The summed E-state index contributed by atoms with van der Waals surface area (Å²) in [5.74, 6) is 0. The van der Waals surface area contributed by atoms with Crippen LogP contribution in [0, 0.1) is 5.41 Å². The number of piperidine rings is 1. The predicted octanol–water partition coefficient (Wildman–Crippen LogP) is 0.224. The van der Waals surface area contributed by atoms with Gasteiger partial charge in [0.2, 0.25) is 0 Å². The summed E-state index contributed by atoms with van der Waals surface area (Å²) in [7, 11) is 2.03. The summed E-state index contributed by atoms with van der Waals surface area (Å²) in [6.07, 6.45) is 2.54. The smallest absolute Gasteiger partial charge is 0.0455 e. The topological polar surface area (TPSA) is 41.3 Å². The van der Waals surface area contributed by atoms with Crippen LogP contribution in [0.5, 0.6) is 0 Å². The van der Waals surface area contributed by atoms with Gasteiger partial charge in [-0.3, -0.25) is 4.90 Å². The normalized spacial score (nSPS) is 24.2. The highest BCUT2D eigenvalue weighted by atomic mass is 15.2. The molecule has 0 bridgehead atoms. The van der Waals surface area contributed by atoms with E-state index in [0.29, 0.717) is 5.41 Å². The Balaban J connectivity index is 2.33. The molecule has 3 heteroatoms. The van der Waals surface area contributed by atoms with Gasteiger partial charge in [0.1, 0.15) is 0 Å². The van der Waals surface area contributed by atoms with Gasteiger partial charge in [0.15, 0.2) is 0 Å². The van der Waals surface area contributed by atoms with E-state index in [9.17, 15) is 0 Å². The van der Waals surface area contributed by atoms with Gasteiger partial charge in [-0.25, -0.2) is 0 Å². The van der Waals surface area contributed by atoms with Crippen LogP contribution in [0.1, 0.15) is 19.8 Å². The molecule has 0 radical (unpaired) electrons. The Morgan fingerprint density at radius 1 is 1.42 bits per heavy atom. The van der Waals surface area contributed by atoms with Gasteiger partial charge in [-0.1, -0.05) is 6.92 Å². The molecule has 12 heavy (non-hydrogen) atoms. The number of nitrogens with zero attached hydrogens (tertiary/aromatic N) is 1. The summed E-state index contributed by atoms with van der Waals surface area (Å²) in [6, 6.07) is 0. The first-order valence-corrected chi connectivity index (χ1v) is 4.77. The first kappa shape index (κ1) is 9.96. The van der Waals surface area contributed by atoms with Crippen molar-refractivity contribution in [2.45, 2.75) is 19.8 Å². The van der Waals surface area contributed by atoms with Gasteiger partial charge in [0.25, 0.3) is 0 Å². The largest absolute Gasteiger partial charge is 0.319 e. The molecule has 1 fully saturated rings. The van der Waals surface area contributed by atoms with E-state index in [1.165, 1.54) is 12.8 Å². The Morgan fingerprint density at radius 3 is 2.42 bits per heavy atom. The minimum absolute atomic E-state index is 0.500. The molecule has 0 atom stereocenters. The summed E-state index contributed by atoms with van der Waals surface area (Å²) in [4.78, 5) is 2.32. The number of rotatable bonds is 3. The molecule has 0 amide bonds. The molecule has 1 rings (SSSR count). The Hall–Kier alpha value is -0.120. The maximum atomic E-state index is 5.58. The van der Waals surface area contributed by atoms with Crippen molar-refractivity contribution < 1.29 is 0 Å². The molecular formula is C9H21N3. The molecule has 0 aromatic carbocycles. The van der Waals surface area contributed by atoms with E-state index >= 15 is 0 Å². The lowest BCUT2D eigenvalue weighted by molar-refractivity contribution is 0.121. The quantitative estimate of drug-likeness (QED) is 0.638. The average molecular weight is 171 g/mol. The number of nitrogens with two attached hydrogens (primary N) is 1. The number of nitrogens with one attached hydrogen (secondary N) is 1. The van der Waals surface area contributed by atoms with E-state index < -0.39 is 0 Å². The summed E-state index contributed by atoms with van der Waals surface area (Å²) >= 11 is 0. The van der Waals surface area contributed by atoms with Crippen LogP contribution in [-0.4, -0.2) is 38.3 Å². The molecule has 1 saturated heterocycles. The fourth-order valence-corrected chi connectivity index (χ4v) is 1.88. The van der Waals surface area contributed by atoms with Crippen LogP contribution in [0.25, 0.3) is 0 Å². The Kier molecular flexibility index (Phi) is 3.50. The lowest BCUT2D eigenvalue weighted by Gasteiger charge is -2.38. The van der Waals surface area contributed by atoms with Crippen molar-refractivity contribution >= 4 is 0 Å². The number of likely N-dealkylation sites (tertiary alicyclic amines) is 1. The second kappa shape index (κ2) is 4.21. The molecule has 72 valence electrons. The molecule has 0 aliphatic carbocycles. The van der Waals surface area contributed by atoms with Crippen LogP contribution in [0.4, 0.5) is 0 Å². The summed E-state index contributed by atoms with van der Waals surface area (Å²) < 4.78 is 0. The summed E-state index contributed by atoms with van der Waals surface area (Å²) in [5.41, 5.74) is 6.08. The highest BCUT2D eigenvalue weighted by Gasteiger charge is 2.28. The molecule has 0 spiro atoms. The van der Waals surface area contributed by atoms with E-state index in [1.807, 2.05) is 7.05 Å². The van der Waals surface area contributed by atoms with Crippen molar-refractivity contribution in [2.24, 2.45) is 11.1 Å². The second-order valence-electron chi connectivity index (χ2n) is 4.14. The van der Waals surface area contributed by atoms with Crippen LogP contribution in [-0.2, 0) is 0 Å². The van der Waals surface area contributed by atoms with Crippen LogP contribution in [0.15, 0.2) is 0 Å². The standard InChI is InChI=1S/C9H21N3/c1-9(7-11-2)3-5-12(8-10)6-4-9/h11H,3-8,10H2,1-2H3. The van der Waals surface area contributed by atoms with Crippen molar-refractivity contribution in [1.82, 2.24) is 10.2 Å². The van der Waals surface area contributed by atoms with E-state index in [4.69, 9.17) is 5.73 Å². The zero-order valence-electron chi connectivity index (χ0n) is 8.27. The Bertz CT molecular complexity index is 128. The maximum absolute atomic E-state index is 5.58. The van der Waals surface area contributed by atoms with Gasteiger partial charge >= 0.3 is 0 Å². The third-order valence-electron chi connectivity index (χ3n) is 2.92. The minimum atomic E-state index is 0.500. The van der Waals surface area contributed by atoms with Gasteiger partial charge in [-0.15, -0.1) is 0 Å². The van der Waals surface area contributed by atoms with Crippen molar-refractivity contribution in [2.75, 3.05) is 33.4 Å². The van der Waals surface area contributed by atoms with Gasteiger partial charge in [-0.2, -0.15) is 0 Å². The molecular weight excluding hydrogens is 150 g/mol. The molecule has 3 nitrogen and oxygen atoms in total. The van der Waals surface area contributed by atoms with Gasteiger partial charge in [0.05, 0.1) is 0 Å². The van der Waals surface area contributed by atoms with Crippen LogP contribution in [0.2, 0.25) is 0 Å². The van der Waals surface area contributed by atoms with E-state index in [2.05, 4.69) is 17.1 Å². The second-order valence-corrected chi connectivity index (χ2v) is 4.14. The Labute approximate surface area is 75.3 Å². The minimum Gasteiger partial charge on any atom is -0.319 e. The molecule has 1 aliphatic heterocycles. The van der Waals surface area contributed by atoms with E-state index in [-0.39, 0.29) is 0 Å². The first-order valence-electron chi connectivity index (χ1n) is 4.77. The lowest BCUT2D eigenvalue weighted by Crippen LogP contribution is -2.44. The summed E-state index contributed by atoms with van der Waals surface area (Å²) in [5, 5.41) is 3.26. The van der Waals surface area contributed by atoms with Gasteiger partial charge < -0.3 is 11.1 Å². The highest BCUT2D eigenvalue weighted by Crippen LogP contribution is 2.29. The number of hydrogen-bond acceptors (Lipinski definition) is 3. The maximum Gasteiger partial charge on any atom is 0.0455 e. The van der Waals surface area contributed by atoms with E-state index in [1.54, 1.807) is 0 Å². The zero-order valence-corrected chi connectivity index (χ0v) is 8.27. The van der Waals surface area contributed by atoms with Crippen molar-refractivity contribution in [3.05, 3.63) is 0 Å². The molecule has 3 N–H and O–H groups in total. The first-order chi connectivity index (χ1) is 5.70. The fourth-order valence-electron chi connectivity index (χ4n) is 1.88. The third kappa shape index (κ3) is 2.44. The van der Waals surface area contributed by atoms with Gasteiger partial charge in [0, 0.05) is 13.2 Å². The van der Waals surface area contributed by atoms with Gasteiger partial charge in [-0.05, 0) is 38.4 Å². The van der Waals surface area contributed by atoms with Crippen LogP contribution in [0.3, 0.4) is 0 Å². The van der Waals surface area contributed by atoms with Crippen molar-refractivity contribution in [1.29, 1.82) is 0 Å². The van der Waals surface area contributed by atoms with E-state index in [0.717, 1.165) is 26.3 Å². The molecule has 1 aliphatic rings.